The number of thioether (sulfide) groups is 1. The predicted molar refractivity (Wildman–Crippen MR) is 140 cm³/mol. The maximum absolute atomic E-state index is 13.3. The lowest BCUT2D eigenvalue weighted by molar-refractivity contribution is -0.128. The van der Waals surface area contributed by atoms with Crippen LogP contribution in [0.3, 0.4) is 0 Å². The molecule has 1 atom stereocenters. The summed E-state index contributed by atoms with van der Waals surface area (Å²) in [6.45, 7) is 7.62. The number of benzene rings is 2. The zero-order valence-electron chi connectivity index (χ0n) is 20.9. The number of carbonyl (C=O) groups is 2. The van der Waals surface area contributed by atoms with Crippen LogP contribution < -0.4 is 14.8 Å². The van der Waals surface area contributed by atoms with Crippen molar-refractivity contribution in [1.29, 1.82) is 0 Å². The summed E-state index contributed by atoms with van der Waals surface area (Å²) in [5, 5.41) is 2.90. The lowest BCUT2D eigenvalue weighted by Crippen LogP contribution is -2.34. The maximum Gasteiger partial charge on any atom is 0.242 e. The van der Waals surface area contributed by atoms with E-state index in [2.05, 4.69) is 5.32 Å². The van der Waals surface area contributed by atoms with E-state index in [0.29, 0.717) is 48.5 Å². The summed E-state index contributed by atoms with van der Waals surface area (Å²) < 4.78 is 16.0. The molecule has 1 fully saturated rings. The number of aryl methyl sites for hydroxylation is 2. The fraction of sp³-hybridized carbons (Fsp3) is 0.423. The molecule has 8 nitrogen and oxygen atoms in total. The number of aliphatic imine (C=N–C) groups is 1. The van der Waals surface area contributed by atoms with Gasteiger partial charge in [-0.25, -0.2) is 4.99 Å². The number of anilines is 1. The Balaban J connectivity index is 1.77. The van der Waals surface area contributed by atoms with Gasteiger partial charge >= 0.3 is 0 Å². The van der Waals surface area contributed by atoms with Gasteiger partial charge in [-0.05, 0) is 56.5 Å². The molecule has 3 rings (SSSR count). The standard InChI is InChI=1S/C26H33N3O5S/c1-6-34-13-7-12-29-25(31)23(35-26(29)28-21-14-17(2)8-9-18(21)3)16-24(30)27-20-11-10-19(32-4)15-22(20)33-5/h8-11,14-15,23H,6-7,12-13,16H2,1-5H3,(H,27,30). The fourth-order valence-corrected chi connectivity index (χ4v) is 4.79. The van der Waals surface area contributed by atoms with Gasteiger partial charge in [-0.15, -0.1) is 0 Å². The first kappa shape index (κ1) is 26.6. The number of rotatable bonds is 11. The number of methoxy groups -OCH3 is 2. The third-order valence-electron chi connectivity index (χ3n) is 5.53. The van der Waals surface area contributed by atoms with Crippen LogP contribution in [0.15, 0.2) is 41.4 Å². The zero-order valence-corrected chi connectivity index (χ0v) is 21.7. The van der Waals surface area contributed by atoms with E-state index in [1.54, 1.807) is 30.2 Å². The molecular weight excluding hydrogens is 466 g/mol. The van der Waals surface area contributed by atoms with Crippen LogP contribution in [0.5, 0.6) is 11.5 Å². The van der Waals surface area contributed by atoms with Crippen molar-refractivity contribution >= 4 is 40.1 Å². The van der Waals surface area contributed by atoms with Crippen LogP contribution in [0.25, 0.3) is 0 Å². The Labute approximate surface area is 211 Å². The van der Waals surface area contributed by atoms with Gasteiger partial charge in [0.1, 0.15) is 16.7 Å². The monoisotopic (exact) mass is 499 g/mol. The minimum Gasteiger partial charge on any atom is -0.497 e. The molecule has 0 spiro atoms. The second-order valence-electron chi connectivity index (χ2n) is 8.15. The van der Waals surface area contributed by atoms with E-state index in [1.165, 1.54) is 18.9 Å². The van der Waals surface area contributed by atoms with Crippen molar-refractivity contribution in [3.05, 3.63) is 47.5 Å². The van der Waals surface area contributed by atoms with Gasteiger partial charge < -0.3 is 19.5 Å². The lowest BCUT2D eigenvalue weighted by Gasteiger charge is -2.17. The van der Waals surface area contributed by atoms with E-state index in [9.17, 15) is 9.59 Å². The highest BCUT2D eigenvalue weighted by atomic mass is 32.2. The van der Waals surface area contributed by atoms with E-state index < -0.39 is 5.25 Å². The Kier molecular flexibility index (Phi) is 9.56. The molecule has 0 saturated carbocycles. The maximum atomic E-state index is 13.3. The van der Waals surface area contributed by atoms with Crippen molar-refractivity contribution in [1.82, 2.24) is 4.90 Å². The van der Waals surface area contributed by atoms with Crippen LogP contribution in [0.1, 0.15) is 30.9 Å². The summed E-state index contributed by atoms with van der Waals surface area (Å²) in [4.78, 5) is 32.6. The van der Waals surface area contributed by atoms with Gasteiger partial charge in [0, 0.05) is 32.2 Å². The molecule has 35 heavy (non-hydrogen) atoms. The van der Waals surface area contributed by atoms with Crippen LogP contribution in [-0.2, 0) is 14.3 Å². The van der Waals surface area contributed by atoms with Gasteiger partial charge in [0.25, 0.3) is 0 Å². The zero-order chi connectivity index (χ0) is 25.4. The molecular formula is C26H33N3O5S. The van der Waals surface area contributed by atoms with Gasteiger partial charge in [0.2, 0.25) is 11.8 Å². The minimum absolute atomic E-state index is 0.0203. The molecule has 2 aromatic carbocycles. The normalized spacial score (nSPS) is 16.6. The SMILES string of the molecule is CCOCCCN1C(=O)C(CC(=O)Nc2ccc(OC)cc2OC)SC1=Nc1cc(C)ccc1C. The highest BCUT2D eigenvalue weighted by Gasteiger charge is 2.39. The molecule has 9 heteroatoms. The number of nitrogens with one attached hydrogen (secondary N) is 1. The summed E-state index contributed by atoms with van der Waals surface area (Å²) in [7, 11) is 3.09. The molecule has 0 aliphatic carbocycles. The topological polar surface area (TPSA) is 89.5 Å². The van der Waals surface area contributed by atoms with Crippen LogP contribution in [-0.4, -0.2) is 61.1 Å². The van der Waals surface area contributed by atoms with E-state index in [4.69, 9.17) is 19.2 Å². The highest BCUT2D eigenvalue weighted by molar-refractivity contribution is 8.15. The van der Waals surface area contributed by atoms with Gasteiger partial charge in [0.15, 0.2) is 5.17 Å². The van der Waals surface area contributed by atoms with Crippen molar-refractivity contribution < 1.29 is 23.8 Å². The van der Waals surface area contributed by atoms with Crippen LogP contribution in [0.2, 0.25) is 0 Å². The Morgan fingerprint density at radius 2 is 1.94 bits per heavy atom. The Morgan fingerprint density at radius 1 is 1.14 bits per heavy atom. The highest BCUT2D eigenvalue weighted by Crippen LogP contribution is 2.34. The first-order valence-corrected chi connectivity index (χ1v) is 12.5. The lowest BCUT2D eigenvalue weighted by atomic mass is 10.1. The van der Waals surface area contributed by atoms with E-state index in [1.807, 2.05) is 39.0 Å². The fourth-order valence-electron chi connectivity index (χ4n) is 3.61. The molecule has 1 N–H and O–H groups in total. The second kappa shape index (κ2) is 12.6. The van der Waals surface area contributed by atoms with Crippen LogP contribution >= 0.6 is 11.8 Å². The van der Waals surface area contributed by atoms with Crippen molar-refractivity contribution in [2.45, 2.75) is 38.9 Å². The Morgan fingerprint density at radius 3 is 2.66 bits per heavy atom. The number of amidine groups is 1. The number of amides is 2. The number of ether oxygens (including phenoxy) is 3. The molecule has 2 aromatic rings. The van der Waals surface area contributed by atoms with Gasteiger partial charge in [-0.2, -0.15) is 0 Å². The average Bonchev–Trinajstić information content (AvgIpc) is 3.13. The number of hydrogen-bond acceptors (Lipinski definition) is 7. The summed E-state index contributed by atoms with van der Waals surface area (Å²) >= 11 is 1.33. The molecule has 1 aliphatic heterocycles. The van der Waals surface area contributed by atoms with E-state index in [0.717, 1.165) is 16.8 Å². The van der Waals surface area contributed by atoms with Crippen molar-refractivity contribution in [3.63, 3.8) is 0 Å². The summed E-state index contributed by atoms with van der Waals surface area (Å²) in [6, 6.07) is 11.2. The van der Waals surface area contributed by atoms with Gasteiger partial charge in [-0.1, -0.05) is 23.9 Å². The summed E-state index contributed by atoms with van der Waals surface area (Å²) in [5.74, 6) is 0.711. The van der Waals surface area contributed by atoms with Crippen molar-refractivity contribution in [2.75, 3.05) is 39.3 Å². The second-order valence-corrected chi connectivity index (χ2v) is 9.32. The Hall–Kier alpha value is -3.04. The van der Waals surface area contributed by atoms with Crippen molar-refractivity contribution in [2.24, 2.45) is 4.99 Å². The molecule has 0 radical (unpaired) electrons. The molecule has 1 heterocycles. The van der Waals surface area contributed by atoms with Gasteiger partial charge in [-0.3, -0.25) is 14.5 Å². The van der Waals surface area contributed by atoms with Gasteiger partial charge in [0.05, 0.1) is 25.6 Å². The average molecular weight is 500 g/mol. The molecule has 0 aromatic heterocycles. The molecule has 1 unspecified atom stereocenters. The molecule has 188 valence electrons. The largest absolute Gasteiger partial charge is 0.497 e. The third-order valence-corrected chi connectivity index (χ3v) is 6.70. The predicted octanol–water partition coefficient (Wildman–Crippen LogP) is 4.71. The molecule has 1 aliphatic rings. The third kappa shape index (κ3) is 6.99. The van der Waals surface area contributed by atoms with E-state index in [-0.39, 0.29) is 18.2 Å². The first-order chi connectivity index (χ1) is 16.9. The Bertz CT molecular complexity index is 1090. The van der Waals surface area contributed by atoms with Crippen LogP contribution in [0.4, 0.5) is 11.4 Å². The summed E-state index contributed by atoms with van der Waals surface area (Å²) in [5.41, 5.74) is 3.46. The summed E-state index contributed by atoms with van der Waals surface area (Å²) in [6.07, 6.45) is 0.709. The smallest absolute Gasteiger partial charge is 0.242 e. The quantitative estimate of drug-likeness (QED) is 0.451. The molecule has 1 saturated heterocycles. The molecule has 2 amide bonds. The van der Waals surface area contributed by atoms with Crippen LogP contribution in [0, 0.1) is 13.8 Å². The first-order valence-electron chi connectivity index (χ1n) is 11.6. The number of nitrogens with zero attached hydrogens (tertiary/aromatic N) is 2. The minimum atomic E-state index is -0.560. The van der Waals surface area contributed by atoms with Crippen molar-refractivity contribution in [3.8, 4) is 11.5 Å². The van der Waals surface area contributed by atoms with E-state index >= 15 is 0 Å². The molecule has 0 bridgehead atoms. The number of hydrogen-bond donors (Lipinski definition) is 1. The number of carbonyl (C=O) groups excluding carboxylic acids is 2.